The lowest BCUT2D eigenvalue weighted by atomic mass is 9.79. The van der Waals surface area contributed by atoms with Crippen molar-refractivity contribution in [2.24, 2.45) is 0 Å². The van der Waals surface area contributed by atoms with Gasteiger partial charge in [0.15, 0.2) is 0 Å². The Morgan fingerprint density at radius 1 is 1.11 bits per heavy atom. The number of carbonyl (C=O) groups is 2. The van der Waals surface area contributed by atoms with Crippen LogP contribution in [0.4, 0.5) is 4.39 Å². The number of amides is 2. The van der Waals surface area contributed by atoms with E-state index in [0.717, 1.165) is 29.1 Å². The van der Waals surface area contributed by atoms with Crippen LogP contribution in [-0.2, 0) is 23.6 Å². The summed E-state index contributed by atoms with van der Waals surface area (Å²) in [6, 6.07) is 22.4. The normalized spacial score (nSPS) is 21.4. The van der Waals surface area contributed by atoms with Crippen molar-refractivity contribution < 1.29 is 23.8 Å². The lowest BCUT2D eigenvalue weighted by Gasteiger charge is -2.40. The van der Waals surface area contributed by atoms with Gasteiger partial charge in [-0.1, -0.05) is 60.7 Å². The molecule has 0 bridgehead atoms. The summed E-state index contributed by atoms with van der Waals surface area (Å²) in [7, 11) is 0. The van der Waals surface area contributed by atoms with Crippen molar-refractivity contribution in [3.05, 3.63) is 123 Å². The highest BCUT2D eigenvalue weighted by molar-refractivity contribution is 7.09. The number of halogens is 1. The van der Waals surface area contributed by atoms with Gasteiger partial charge < -0.3 is 25.4 Å². The molecule has 8 nitrogen and oxygen atoms in total. The molecule has 0 spiro atoms. The van der Waals surface area contributed by atoms with E-state index >= 15 is 0 Å². The molecule has 1 aromatic heterocycles. The number of hydrogen-bond acceptors (Lipinski definition) is 7. The van der Waals surface area contributed by atoms with Crippen molar-refractivity contribution in [3.8, 4) is 0 Å². The van der Waals surface area contributed by atoms with Crippen LogP contribution < -0.4 is 10.6 Å². The summed E-state index contributed by atoms with van der Waals surface area (Å²) in [5.41, 5.74) is 1.80. The molecule has 3 heterocycles. The number of nitrogens with zero attached hydrogens (tertiary/aromatic N) is 2. The second-order valence-corrected chi connectivity index (χ2v) is 13.4. The first kappa shape index (κ1) is 33.0. The summed E-state index contributed by atoms with van der Waals surface area (Å²) in [5.74, 6) is -0.755. The quantitative estimate of drug-likeness (QED) is 0.187. The van der Waals surface area contributed by atoms with E-state index < -0.39 is 30.3 Å². The Morgan fingerprint density at radius 3 is 2.53 bits per heavy atom. The zero-order chi connectivity index (χ0) is 33.0. The monoisotopic (exact) mass is 656 g/mol. The SMILES string of the molecule is Cc1csc([C@H]2CCCN2C(=O)c2cc(CF)cc(C(=O)NC(C)C(O)(c3ccccc3)[C@H]3C[C@@H](OCc4ccccc4)CN3)c2)n1. The van der Waals surface area contributed by atoms with E-state index in [0.29, 0.717) is 31.7 Å². The highest BCUT2D eigenvalue weighted by Gasteiger charge is 2.47. The van der Waals surface area contributed by atoms with Gasteiger partial charge >= 0.3 is 0 Å². The Hall–Kier alpha value is -3.96. The lowest BCUT2D eigenvalue weighted by molar-refractivity contribution is -0.0326. The minimum absolute atomic E-state index is 0.129. The average Bonchev–Trinajstić information content (AvgIpc) is 3.89. The summed E-state index contributed by atoms with van der Waals surface area (Å²) in [6.45, 7) is 4.45. The number of ether oxygens (including phenoxy) is 1. The van der Waals surface area contributed by atoms with E-state index in [9.17, 15) is 19.1 Å². The van der Waals surface area contributed by atoms with Gasteiger partial charge in [-0.15, -0.1) is 11.3 Å². The summed E-state index contributed by atoms with van der Waals surface area (Å²) in [6.07, 6.45) is 2.05. The number of nitrogens with one attached hydrogen (secondary N) is 2. The first-order valence-electron chi connectivity index (χ1n) is 16.2. The first-order chi connectivity index (χ1) is 22.8. The van der Waals surface area contributed by atoms with Gasteiger partial charge in [0.2, 0.25) is 0 Å². The number of thiazole rings is 1. The van der Waals surface area contributed by atoms with Gasteiger partial charge in [-0.2, -0.15) is 0 Å². The van der Waals surface area contributed by atoms with Crippen LogP contribution in [0.1, 0.15) is 80.3 Å². The molecule has 3 N–H and O–H groups in total. The molecule has 2 fully saturated rings. The van der Waals surface area contributed by atoms with Crippen LogP contribution in [-0.4, -0.2) is 58.1 Å². The van der Waals surface area contributed by atoms with E-state index in [1.807, 2.05) is 73.0 Å². The van der Waals surface area contributed by atoms with Gasteiger partial charge in [0.1, 0.15) is 17.3 Å². The molecular weight excluding hydrogens is 615 g/mol. The van der Waals surface area contributed by atoms with Crippen LogP contribution in [0.3, 0.4) is 0 Å². The lowest BCUT2D eigenvalue weighted by Crippen LogP contribution is -2.58. The van der Waals surface area contributed by atoms with Crippen LogP contribution in [0.2, 0.25) is 0 Å². The second kappa shape index (κ2) is 14.4. The Balaban J connectivity index is 1.20. The van der Waals surface area contributed by atoms with Crippen LogP contribution >= 0.6 is 11.3 Å². The number of benzene rings is 3. The van der Waals surface area contributed by atoms with Gasteiger partial charge in [0, 0.05) is 41.3 Å². The number of aliphatic hydroxyl groups is 1. The van der Waals surface area contributed by atoms with Crippen LogP contribution in [0.5, 0.6) is 0 Å². The summed E-state index contributed by atoms with van der Waals surface area (Å²) in [5, 5.41) is 21.7. The molecule has 2 aliphatic heterocycles. The molecule has 2 amide bonds. The third-order valence-electron chi connectivity index (χ3n) is 9.29. The molecule has 2 aliphatic rings. The predicted octanol–water partition coefficient (Wildman–Crippen LogP) is 5.85. The fourth-order valence-electron chi connectivity index (χ4n) is 6.78. The maximum Gasteiger partial charge on any atom is 0.254 e. The molecule has 0 aliphatic carbocycles. The van der Waals surface area contributed by atoms with E-state index in [1.165, 1.54) is 29.5 Å². The van der Waals surface area contributed by atoms with E-state index in [4.69, 9.17) is 4.74 Å². The molecule has 2 unspecified atom stereocenters. The standard InChI is InChI=1S/C37H41FN4O4S/c1-24-23-47-35(40-24)32-14-9-15-42(32)36(44)29-17-27(20-38)16-28(18-29)34(43)41-25(2)37(45,30-12-7-4-8-13-30)33-19-31(21-39-33)46-22-26-10-5-3-6-11-26/h3-8,10-13,16-18,23,25,31-33,39,45H,9,14-15,19-22H2,1-2H3,(H,41,43)/t25?,31-,32-,33-,37?/m1/s1. The zero-order valence-electron chi connectivity index (χ0n) is 26.7. The molecule has 10 heteroatoms. The third kappa shape index (κ3) is 7.16. The molecule has 246 valence electrons. The minimum atomic E-state index is -1.49. The Morgan fingerprint density at radius 2 is 1.83 bits per heavy atom. The second-order valence-electron chi connectivity index (χ2n) is 12.5. The third-order valence-corrected chi connectivity index (χ3v) is 10.3. The minimum Gasteiger partial charge on any atom is -0.381 e. The molecule has 0 saturated carbocycles. The highest BCUT2D eigenvalue weighted by atomic mass is 32.1. The number of likely N-dealkylation sites (tertiary alicyclic amines) is 1. The maximum absolute atomic E-state index is 14.1. The van der Waals surface area contributed by atoms with E-state index in [2.05, 4.69) is 15.6 Å². The molecular formula is C37H41FN4O4S. The zero-order valence-corrected chi connectivity index (χ0v) is 27.5. The topological polar surface area (TPSA) is 104 Å². The summed E-state index contributed by atoms with van der Waals surface area (Å²) < 4.78 is 20.3. The number of aromatic nitrogens is 1. The fourth-order valence-corrected chi connectivity index (χ4v) is 7.73. The molecule has 6 rings (SSSR count). The molecule has 3 aromatic carbocycles. The number of aryl methyl sites for hydroxylation is 1. The number of rotatable bonds is 11. The smallest absolute Gasteiger partial charge is 0.254 e. The Labute approximate surface area is 279 Å². The van der Waals surface area contributed by atoms with Gasteiger partial charge in [-0.3, -0.25) is 9.59 Å². The van der Waals surface area contributed by atoms with Crippen molar-refractivity contribution in [1.82, 2.24) is 20.5 Å². The summed E-state index contributed by atoms with van der Waals surface area (Å²) >= 11 is 1.53. The van der Waals surface area contributed by atoms with Crippen molar-refractivity contribution >= 4 is 23.2 Å². The van der Waals surface area contributed by atoms with Crippen molar-refractivity contribution in [2.45, 2.75) is 76.2 Å². The molecule has 0 radical (unpaired) electrons. The largest absolute Gasteiger partial charge is 0.381 e. The molecule has 5 atom stereocenters. The Kier molecular flexibility index (Phi) is 10.1. The van der Waals surface area contributed by atoms with E-state index in [-0.39, 0.29) is 34.7 Å². The summed E-state index contributed by atoms with van der Waals surface area (Å²) in [4.78, 5) is 34.0. The Bertz CT molecular complexity index is 1690. The van der Waals surface area contributed by atoms with Gasteiger partial charge in [-0.25, -0.2) is 9.37 Å². The van der Waals surface area contributed by atoms with Crippen LogP contribution in [0.25, 0.3) is 0 Å². The number of alkyl halides is 1. The van der Waals surface area contributed by atoms with Gasteiger partial charge in [-0.05, 0) is 68.0 Å². The van der Waals surface area contributed by atoms with Crippen molar-refractivity contribution in [1.29, 1.82) is 0 Å². The van der Waals surface area contributed by atoms with Crippen molar-refractivity contribution in [3.63, 3.8) is 0 Å². The fraction of sp³-hybridized carbons (Fsp3) is 0.378. The highest BCUT2D eigenvalue weighted by Crippen LogP contribution is 2.36. The molecule has 4 aromatic rings. The van der Waals surface area contributed by atoms with Gasteiger partial charge in [0.05, 0.1) is 24.8 Å². The van der Waals surface area contributed by atoms with Crippen molar-refractivity contribution in [2.75, 3.05) is 13.1 Å². The number of hydrogen-bond donors (Lipinski definition) is 3. The first-order valence-corrected chi connectivity index (χ1v) is 17.0. The molecule has 2 saturated heterocycles. The van der Waals surface area contributed by atoms with Crippen LogP contribution in [0, 0.1) is 6.92 Å². The van der Waals surface area contributed by atoms with Crippen LogP contribution in [0.15, 0.2) is 84.2 Å². The average molecular weight is 657 g/mol. The van der Waals surface area contributed by atoms with Gasteiger partial charge in [0.25, 0.3) is 11.8 Å². The maximum atomic E-state index is 14.1. The predicted molar refractivity (Wildman–Crippen MR) is 180 cm³/mol. The number of carbonyl (C=O) groups excluding carboxylic acids is 2. The van der Waals surface area contributed by atoms with E-state index in [1.54, 1.807) is 11.8 Å². The molecule has 47 heavy (non-hydrogen) atoms.